The normalized spacial score (nSPS) is 16.3. The predicted octanol–water partition coefficient (Wildman–Crippen LogP) is 3.48. The Labute approximate surface area is 167 Å². The van der Waals surface area contributed by atoms with Crippen LogP contribution < -0.4 is 10.2 Å². The van der Waals surface area contributed by atoms with Crippen molar-refractivity contribution in [1.29, 1.82) is 0 Å². The highest BCUT2D eigenvalue weighted by Crippen LogP contribution is 2.29. The Morgan fingerprint density at radius 2 is 1.92 bits per heavy atom. The van der Waals surface area contributed by atoms with Crippen molar-refractivity contribution in [2.24, 2.45) is 0 Å². The van der Waals surface area contributed by atoms with Gasteiger partial charge in [-0.15, -0.1) is 0 Å². The Hall–Kier alpha value is -1.97. The van der Waals surface area contributed by atoms with E-state index < -0.39 is 11.8 Å². The largest absolute Gasteiger partial charge is 0.507 e. The van der Waals surface area contributed by atoms with Gasteiger partial charge in [-0.2, -0.15) is 0 Å². The highest BCUT2D eigenvalue weighted by molar-refractivity contribution is 14.1. The molecule has 0 aliphatic carbocycles. The van der Waals surface area contributed by atoms with Gasteiger partial charge in [0.1, 0.15) is 11.3 Å². The maximum atomic E-state index is 12.9. The van der Waals surface area contributed by atoms with Crippen molar-refractivity contribution in [2.45, 2.75) is 0 Å². The van der Waals surface area contributed by atoms with E-state index in [0.717, 1.165) is 0 Å². The lowest BCUT2D eigenvalue weighted by atomic mass is 10.1. The summed E-state index contributed by atoms with van der Waals surface area (Å²) in [6.07, 6.45) is 1.45. The SMILES string of the molecule is O=C1NC(=S)N(c2ccccc2Cl)C(=O)/C1=C/c1ccc(O)c(I)c1. The first-order chi connectivity index (χ1) is 11.9. The van der Waals surface area contributed by atoms with Crippen LogP contribution in [0.15, 0.2) is 48.0 Å². The zero-order chi connectivity index (χ0) is 18.1. The van der Waals surface area contributed by atoms with Crippen molar-refractivity contribution >= 4 is 75.1 Å². The van der Waals surface area contributed by atoms with Gasteiger partial charge in [0.2, 0.25) is 0 Å². The Morgan fingerprint density at radius 1 is 1.20 bits per heavy atom. The van der Waals surface area contributed by atoms with E-state index in [-0.39, 0.29) is 16.4 Å². The molecule has 1 fully saturated rings. The first kappa shape index (κ1) is 17.8. The lowest BCUT2D eigenvalue weighted by molar-refractivity contribution is -0.122. The minimum atomic E-state index is -0.582. The number of hydrogen-bond donors (Lipinski definition) is 2. The molecule has 2 amide bonds. The van der Waals surface area contributed by atoms with Crippen LogP contribution in [0.2, 0.25) is 5.02 Å². The molecule has 8 heteroatoms. The molecule has 0 bridgehead atoms. The summed E-state index contributed by atoms with van der Waals surface area (Å²) in [6, 6.07) is 11.5. The molecule has 2 N–H and O–H groups in total. The lowest BCUT2D eigenvalue weighted by Crippen LogP contribution is -2.54. The molecule has 0 spiro atoms. The van der Waals surface area contributed by atoms with E-state index in [1.165, 1.54) is 17.0 Å². The van der Waals surface area contributed by atoms with Crippen LogP contribution in [0.4, 0.5) is 5.69 Å². The molecular formula is C17H10ClIN2O3S. The first-order valence-corrected chi connectivity index (χ1v) is 8.89. The van der Waals surface area contributed by atoms with Crippen molar-refractivity contribution in [1.82, 2.24) is 5.32 Å². The summed E-state index contributed by atoms with van der Waals surface area (Å²) in [6.45, 7) is 0. The number of rotatable bonds is 2. The summed E-state index contributed by atoms with van der Waals surface area (Å²) in [5.74, 6) is -1.02. The third-order valence-corrected chi connectivity index (χ3v) is 4.95. The number of phenols is 1. The Morgan fingerprint density at radius 3 is 2.60 bits per heavy atom. The van der Waals surface area contributed by atoms with Gasteiger partial charge in [-0.1, -0.05) is 29.8 Å². The van der Waals surface area contributed by atoms with Crippen LogP contribution in [-0.2, 0) is 9.59 Å². The number of anilines is 1. The van der Waals surface area contributed by atoms with Crippen molar-refractivity contribution in [2.75, 3.05) is 4.90 Å². The molecule has 3 rings (SSSR count). The van der Waals surface area contributed by atoms with E-state index >= 15 is 0 Å². The van der Waals surface area contributed by atoms with Gasteiger partial charge in [0, 0.05) is 0 Å². The summed E-state index contributed by atoms with van der Waals surface area (Å²) >= 11 is 13.2. The highest BCUT2D eigenvalue weighted by atomic mass is 127. The topological polar surface area (TPSA) is 69.6 Å². The summed E-state index contributed by atoms with van der Waals surface area (Å²) in [5.41, 5.74) is 0.924. The number of nitrogens with zero attached hydrogens (tertiary/aromatic N) is 1. The molecule has 2 aromatic carbocycles. The second-order valence-corrected chi connectivity index (χ2v) is 7.08. The van der Waals surface area contributed by atoms with Gasteiger partial charge in [-0.3, -0.25) is 19.8 Å². The van der Waals surface area contributed by atoms with Gasteiger partial charge >= 0.3 is 0 Å². The number of benzene rings is 2. The van der Waals surface area contributed by atoms with Gasteiger partial charge in [-0.05, 0) is 70.7 Å². The average Bonchev–Trinajstić information content (AvgIpc) is 2.56. The molecule has 0 atom stereocenters. The lowest BCUT2D eigenvalue weighted by Gasteiger charge is -2.29. The van der Waals surface area contributed by atoms with Crippen LogP contribution in [-0.4, -0.2) is 22.0 Å². The second kappa shape index (κ2) is 7.11. The third kappa shape index (κ3) is 3.53. The number of hydrogen-bond acceptors (Lipinski definition) is 4. The number of amides is 2. The molecule has 126 valence electrons. The average molecular weight is 485 g/mol. The first-order valence-electron chi connectivity index (χ1n) is 7.03. The van der Waals surface area contributed by atoms with E-state index in [1.54, 1.807) is 36.4 Å². The fraction of sp³-hybridized carbons (Fsp3) is 0. The van der Waals surface area contributed by atoms with Crippen LogP contribution in [0.1, 0.15) is 5.56 Å². The summed E-state index contributed by atoms with van der Waals surface area (Å²) in [7, 11) is 0. The number of carbonyl (C=O) groups excluding carboxylic acids is 2. The van der Waals surface area contributed by atoms with Gasteiger partial charge in [0.05, 0.1) is 14.3 Å². The molecule has 25 heavy (non-hydrogen) atoms. The smallest absolute Gasteiger partial charge is 0.270 e. The maximum absolute atomic E-state index is 12.9. The fourth-order valence-corrected chi connectivity index (χ4v) is 3.32. The molecule has 0 aromatic heterocycles. The van der Waals surface area contributed by atoms with E-state index in [9.17, 15) is 14.7 Å². The van der Waals surface area contributed by atoms with Crippen LogP contribution in [0.3, 0.4) is 0 Å². The monoisotopic (exact) mass is 484 g/mol. The van der Waals surface area contributed by atoms with E-state index in [4.69, 9.17) is 23.8 Å². The van der Waals surface area contributed by atoms with Gasteiger partial charge in [-0.25, -0.2) is 0 Å². The number of halogens is 2. The number of aromatic hydroxyl groups is 1. The molecular weight excluding hydrogens is 475 g/mol. The number of para-hydroxylation sites is 1. The molecule has 5 nitrogen and oxygen atoms in total. The third-order valence-electron chi connectivity index (χ3n) is 3.48. The second-order valence-electron chi connectivity index (χ2n) is 5.12. The van der Waals surface area contributed by atoms with Crippen molar-refractivity contribution in [3.8, 4) is 5.75 Å². The van der Waals surface area contributed by atoms with Crippen LogP contribution in [0.25, 0.3) is 6.08 Å². The zero-order valence-corrected chi connectivity index (χ0v) is 16.2. The van der Waals surface area contributed by atoms with Crippen molar-refractivity contribution < 1.29 is 14.7 Å². The Bertz CT molecular complexity index is 945. The van der Waals surface area contributed by atoms with E-state index in [2.05, 4.69) is 5.32 Å². The molecule has 1 saturated heterocycles. The number of nitrogens with one attached hydrogen (secondary N) is 1. The van der Waals surface area contributed by atoms with E-state index in [1.807, 2.05) is 22.6 Å². The minimum Gasteiger partial charge on any atom is -0.507 e. The van der Waals surface area contributed by atoms with Crippen LogP contribution in [0, 0.1) is 3.57 Å². The molecule has 0 saturated carbocycles. The summed E-state index contributed by atoms with van der Waals surface area (Å²) in [5, 5.41) is 12.4. The molecule has 0 unspecified atom stereocenters. The van der Waals surface area contributed by atoms with Gasteiger partial charge < -0.3 is 5.11 Å². The summed E-state index contributed by atoms with van der Waals surface area (Å²) in [4.78, 5) is 26.3. The van der Waals surface area contributed by atoms with Crippen molar-refractivity contribution in [3.63, 3.8) is 0 Å². The number of phenolic OH excluding ortho intramolecular Hbond substituents is 1. The molecule has 1 heterocycles. The fourth-order valence-electron chi connectivity index (χ4n) is 2.29. The Balaban J connectivity index is 2.05. The zero-order valence-electron chi connectivity index (χ0n) is 12.5. The quantitative estimate of drug-likeness (QED) is 0.296. The standard InChI is InChI=1S/C17H10ClIN2O3S/c18-11-3-1-2-4-13(11)21-16(24)10(15(23)20-17(21)25)7-9-5-6-14(22)12(19)8-9/h1-8,22H,(H,20,23,25)/b10-7+. The molecule has 1 aliphatic rings. The molecule has 2 aromatic rings. The molecule has 1 aliphatic heterocycles. The highest BCUT2D eigenvalue weighted by Gasteiger charge is 2.35. The number of carbonyl (C=O) groups is 2. The number of thiocarbonyl (C=S) groups is 1. The van der Waals surface area contributed by atoms with Crippen LogP contribution in [0.5, 0.6) is 5.75 Å². The maximum Gasteiger partial charge on any atom is 0.270 e. The molecule has 0 radical (unpaired) electrons. The predicted molar refractivity (Wildman–Crippen MR) is 108 cm³/mol. The Kier molecular flexibility index (Phi) is 5.07. The minimum absolute atomic E-state index is 0.0273. The van der Waals surface area contributed by atoms with E-state index in [0.29, 0.717) is 19.8 Å². The van der Waals surface area contributed by atoms with Crippen LogP contribution >= 0.6 is 46.4 Å². The van der Waals surface area contributed by atoms with Crippen molar-refractivity contribution in [3.05, 3.63) is 62.2 Å². The summed E-state index contributed by atoms with van der Waals surface area (Å²) < 4.78 is 0.606. The van der Waals surface area contributed by atoms with Gasteiger partial charge in [0.25, 0.3) is 11.8 Å². The van der Waals surface area contributed by atoms with Gasteiger partial charge in [0.15, 0.2) is 5.11 Å².